The number of phenolic OH excluding ortho intramolecular Hbond substituents is 3. The van der Waals surface area contributed by atoms with Crippen LogP contribution in [0.15, 0.2) is 97.1 Å². The number of aromatic nitrogens is 2. The van der Waals surface area contributed by atoms with Crippen LogP contribution in [-0.4, -0.2) is 25.1 Å². The van der Waals surface area contributed by atoms with Crippen LogP contribution in [0.2, 0.25) is 0 Å². The van der Waals surface area contributed by atoms with E-state index in [1.807, 2.05) is 0 Å². The fourth-order valence-electron chi connectivity index (χ4n) is 3.82. The molecule has 4 aromatic carbocycles. The molecular weight excluding hydrogens is 419 g/mol. The minimum absolute atomic E-state index is 0.125. The lowest BCUT2D eigenvalue weighted by Gasteiger charge is -2.11. The van der Waals surface area contributed by atoms with Crippen LogP contribution in [0.4, 0.5) is 4.39 Å². The highest BCUT2D eigenvalue weighted by molar-refractivity contribution is 5.92. The Morgan fingerprint density at radius 1 is 0.606 bits per heavy atom. The van der Waals surface area contributed by atoms with Crippen molar-refractivity contribution in [1.29, 1.82) is 0 Å². The van der Waals surface area contributed by atoms with Crippen LogP contribution in [0.25, 0.3) is 39.3 Å². The lowest BCUT2D eigenvalue weighted by atomic mass is 9.95. The minimum atomic E-state index is -0.392. The Morgan fingerprint density at radius 3 is 1.67 bits per heavy atom. The van der Waals surface area contributed by atoms with Gasteiger partial charge in [0.05, 0.1) is 11.4 Å². The SMILES string of the molecule is Oc1ccc(-c2nn(-c3cccc(F)c3)c(-c3ccc(O)cc3)c2-c2ccc(O)cc2)cc1. The third kappa shape index (κ3) is 3.90. The van der Waals surface area contributed by atoms with Gasteiger partial charge in [0.15, 0.2) is 0 Å². The average molecular weight is 438 g/mol. The van der Waals surface area contributed by atoms with E-state index >= 15 is 0 Å². The second-order valence-corrected chi connectivity index (χ2v) is 7.60. The molecule has 0 atom stereocenters. The largest absolute Gasteiger partial charge is 0.508 e. The predicted octanol–water partition coefficient (Wildman–Crippen LogP) is 6.13. The molecule has 0 fully saturated rings. The van der Waals surface area contributed by atoms with E-state index in [-0.39, 0.29) is 17.2 Å². The quantitative estimate of drug-likeness (QED) is 0.315. The van der Waals surface area contributed by atoms with Crippen LogP contribution in [-0.2, 0) is 0 Å². The number of rotatable bonds is 4. The van der Waals surface area contributed by atoms with Crippen LogP contribution in [0.5, 0.6) is 17.2 Å². The summed E-state index contributed by atoms with van der Waals surface area (Å²) in [7, 11) is 0. The number of hydrogen-bond donors (Lipinski definition) is 3. The molecule has 0 spiro atoms. The van der Waals surface area contributed by atoms with E-state index in [1.54, 1.807) is 89.6 Å². The van der Waals surface area contributed by atoms with Crippen molar-refractivity contribution in [3.63, 3.8) is 0 Å². The molecule has 0 saturated heterocycles. The first-order valence-electron chi connectivity index (χ1n) is 10.3. The molecule has 1 aromatic heterocycles. The van der Waals surface area contributed by atoms with Gasteiger partial charge in [0, 0.05) is 16.7 Å². The Labute approximate surface area is 189 Å². The number of benzene rings is 4. The molecule has 162 valence electrons. The van der Waals surface area contributed by atoms with E-state index in [1.165, 1.54) is 12.1 Å². The molecule has 3 N–H and O–H groups in total. The van der Waals surface area contributed by atoms with Crippen LogP contribution in [0, 0.1) is 5.82 Å². The Balaban J connectivity index is 1.88. The molecule has 0 bridgehead atoms. The normalized spacial score (nSPS) is 10.9. The van der Waals surface area contributed by atoms with Gasteiger partial charge in [-0.05, 0) is 84.4 Å². The molecule has 0 aliphatic rings. The Hall–Kier alpha value is -4.58. The molecule has 0 unspecified atom stereocenters. The molecule has 5 nitrogen and oxygen atoms in total. The molecule has 0 saturated carbocycles. The van der Waals surface area contributed by atoms with Crippen molar-refractivity contribution in [1.82, 2.24) is 9.78 Å². The first kappa shape index (κ1) is 20.3. The summed E-state index contributed by atoms with van der Waals surface area (Å²) < 4.78 is 15.8. The van der Waals surface area contributed by atoms with E-state index in [9.17, 15) is 19.7 Å². The maximum absolute atomic E-state index is 14.2. The summed E-state index contributed by atoms with van der Waals surface area (Å²) >= 11 is 0. The van der Waals surface area contributed by atoms with Gasteiger partial charge in [-0.2, -0.15) is 5.10 Å². The number of aromatic hydroxyl groups is 3. The molecule has 5 rings (SSSR count). The summed E-state index contributed by atoms with van der Waals surface area (Å²) in [5, 5.41) is 34.3. The first-order chi connectivity index (χ1) is 16.0. The summed E-state index contributed by atoms with van der Waals surface area (Å²) in [5.74, 6) is -0.000529. The zero-order chi connectivity index (χ0) is 22.9. The second-order valence-electron chi connectivity index (χ2n) is 7.60. The van der Waals surface area contributed by atoms with E-state index < -0.39 is 5.82 Å². The van der Waals surface area contributed by atoms with Crippen molar-refractivity contribution in [3.8, 4) is 56.6 Å². The topological polar surface area (TPSA) is 78.5 Å². The highest BCUT2D eigenvalue weighted by Gasteiger charge is 2.23. The Bertz CT molecular complexity index is 1420. The number of nitrogens with zero attached hydrogens (tertiary/aromatic N) is 2. The van der Waals surface area contributed by atoms with Gasteiger partial charge in [0.25, 0.3) is 0 Å². The van der Waals surface area contributed by atoms with Crippen LogP contribution < -0.4 is 0 Å². The van der Waals surface area contributed by atoms with Gasteiger partial charge in [-0.1, -0.05) is 18.2 Å². The number of hydrogen-bond acceptors (Lipinski definition) is 4. The van der Waals surface area contributed by atoms with Crippen molar-refractivity contribution >= 4 is 0 Å². The highest BCUT2D eigenvalue weighted by atomic mass is 19.1. The van der Waals surface area contributed by atoms with Crippen molar-refractivity contribution < 1.29 is 19.7 Å². The third-order valence-electron chi connectivity index (χ3n) is 5.38. The zero-order valence-electron chi connectivity index (χ0n) is 17.4. The number of phenols is 3. The summed E-state index contributed by atoms with van der Waals surface area (Å²) in [4.78, 5) is 0. The first-order valence-corrected chi connectivity index (χ1v) is 10.3. The molecule has 0 aliphatic heterocycles. The molecular formula is C27H19FN2O3. The van der Waals surface area contributed by atoms with Crippen molar-refractivity contribution in [2.45, 2.75) is 0 Å². The second kappa shape index (κ2) is 8.16. The van der Waals surface area contributed by atoms with Gasteiger partial charge in [0.2, 0.25) is 0 Å². The van der Waals surface area contributed by atoms with E-state index in [0.29, 0.717) is 17.1 Å². The number of halogens is 1. The van der Waals surface area contributed by atoms with Crippen molar-refractivity contribution in [3.05, 3.63) is 103 Å². The summed E-state index contributed by atoms with van der Waals surface area (Å²) in [6.45, 7) is 0. The van der Waals surface area contributed by atoms with Gasteiger partial charge < -0.3 is 15.3 Å². The zero-order valence-corrected chi connectivity index (χ0v) is 17.4. The third-order valence-corrected chi connectivity index (χ3v) is 5.38. The smallest absolute Gasteiger partial charge is 0.125 e. The lowest BCUT2D eigenvalue weighted by molar-refractivity contribution is 0.475. The summed E-state index contributed by atoms with van der Waals surface area (Å²) in [6, 6.07) is 26.3. The fourth-order valence-corrected chi connectivity index (χ4v) is 3.82. The highest BCUT2D eigenvalue weighted by Crippen LogP contribution is 2.42. The molecule has 5 aromatic rings. The van der Waals surface area contributed by atoms with Gasteiger partial charge in [-0.15, -0.1) is 0 Å². The molecule has 6 heteroatoms. The van der Waals surface area contributed by atoms with E-state index in [2.05, 4.69) is 0 Å². The average Bonchev–Trinajstić information content (AvgIpc) is 3.21. The Morgan fingerprint density at radius 2 is 1.12 bits per heavy atom. The van der Waals surface area contributed by atoms with Gasteiger partial charge >= 0.3 is 0 Å². The van der Waals surface area contributed by atoms with Crippen molar-refractivity contribution in [2.24, 2.45) is 0 Å². The van der Waals surface area contributed by atoms with Gasteiger partial charge in [-0.25, -0.2) is 9.07 Å². The molecule has 0 radical (unpaired) electrons. The van der Waals surface area contributed by atoms with Crippen LogP contribution in [0.1, 0.15) is 0 Å². The summed E-state index contributed by atoms with van der Waals surface area (Å²) in [5.41, 5.74) is 4.91. The maximum Gasteiger partial charge on any atom is 0.125 e. The van der Waals surface area contributed by atoms with Gasteiger partial charge in [-0.3, -0.25) is 0 Å². The van der Waals surface area contributed by atoms with Gasteiger partial charge in [0.1, 0.15) is 28.8 Å². The van der Waals surface area contributed by atoms with E-state index in [0.717, 1.165) is 22.3 Å². The maximum atomic E-state index is 14.2. The van der Waals surface area contributed by atoms with E-state index in [4.69, 9.17) is 5.10 Å². The molecule has 1 heterocycles. The predicted molar refractivity (Wildman–Crippen MR) is 125 cm³/mol. The molecule has 0 amide bonds. The van der Waals surface area contributed by atoms with Crippen LogP contribution in [0.3, 0.4) is 0 Å². The summed E-state index contributed by atoms with van der Waals surface area (Å²) in [6.07, 6.45) is 0. The molecule has 0 aliphatic carbocycles. The molecule has 33 heavy (non-hydrogen) atoms. The standard InChI is InChI=1S/C27H19FN2O3/c28-20-2-1-3-21(16-20)30-27(19-8-14-24(33)15-9-19)25(17-4-10-22(31)11-5-17)26(29-30)18-6-12-23(32)13-7-18/h1-16,31-33H. The Kier molecular flexibility index (Phi) is 5.03. The fraction of sp³-hybridized carbons (Fsp3) is 0. The van der Waals surface area contributed by atoms with Crippen LogP contribution >= 0.6 is 0 Å². The van der Waals surface area contributed by atoms with Crippen molar-refractivity contribution in [2.75, 3.05) is 0 Å². The minimum Gasteiger partial charge on any atom is -0.508 e. The lowest BCUT2D eigenvalue weighted by Crippen LogP contribution is -2.00. The monoisotopic (exact) mass is 438 g/mol.